The van der Waals surface area contributed by atoms with Gasteiger partial charge in [-0.1, -0.05) is 30.3 Å². The zero-order chi connectivity index (χ0) is 10.4. The summed E-state index contributed by atoms with van der Waals surface area (Å²) in [6.45, 7) is 2.54. The van der Waals surface area contributed by atoms with Gasteiger partial charge in [-0.25, -0.2) is 0 Å². The molecule has 0 saturated carbocycles. The molecule has 1 rings (SSSR count). The zero-order valence-corrected chi connectivity index (χ0v) is 8.36. The number of nitrogens with two attached hydrogens (primary N) is 1. The third kappa shape index (κ3) is 3.58. The van der Waals surface area contributed by atoms with Crippen LogP contribution in [-0.2, 0) is 11.2 Å². The quantitative estimate of drug-likeness (QED) is 0.721. The van der Waals surface area contributed by atoms with E-state index >= 15 is 0 Å². The molecular formula is C11H16N2O. The number of primary amides is 1. The van der Waals surface area contributed by atoms with Gasteiger partial charge in [0.15, 0.2) is 0 Å². The monoisotopic (exact) mass is 192 g/mol. The standard InChI is InChI=1S/C11H16N2O/c1-9(11(12)14)13-8-7-10-5-3-2-4-6-10/h2-6,9,13H,7-8H2,1H3,(H2,12,14)/t9-/m0/s1. The lowest BCUT2D eigenvalue weighted by Gasteiger charge is -2.09. The molecule has 0 aliphatic rings. The third-order valence-electron chi connectivity index (χ3n) is 2.13. The summed E-state index contributed by atoms with van der Waals surface area (Å²) >= 11 is 0. The Morgan fingerprint density at radius 2 is 2.07 bits per heavy atom. The van der Waals surface area contributed by atoms with Gasteiger partial charge in [-0.05, 0) is 25.5 Å². The molecule has 0 fully saturated rings. The number of nitrogens with one attached hydrogen (secondary N) is 1. The molecule has 0 saturated heterocycles. The topological polar surface area (TPSA) is 55.1 Å². The Morgan fingerprint density at radius 1 is 1.43 bits per heavy atom. The van der Waals surface area contributed by atoms with Crippen LogP contribution in [0.15, 0.2) is 30.3 Å². The Bertz CT molecular complexity index is 285. The summed E-state index contributed by atoms with van der Waals surface area (Å²) in [5, 5.41) is 3.06. The highest BCUT2D eigenvalue weighted by Gasteiger charge is 2.05. The molecule has 3 nitrogen and oxygen atoms in total. The molecule has 0 radical (unpaired) electrons. The van der Waals surface area contributed by atoms with E-state index in [1.54, 1.807) is 6.92 Å². The van der Waals surface area contributed by atoms with Crippen LogP contribution in [0.1, 0.15) is 12.5 Å². The van der Waals surface area contributed by atoms with Gasteiger partial charge in [-0.15, -0.1) is 0 Å². The van der Waals surface area contributed by atoms with Gasteiger partial charge < -0.3 is 11.1 Å². The zero-order valence-electron chi connectivity index (χ0n) is 8.36. The van der Waals surface area contributed by atoms with Crippen LogP contribution in [0.3, 0.4) is 0 Å². The minimum absolute atomic E-state index is 0.251. The maximum atomic E-state index is 10.7. The van der Waals surface area contributed by atoms with E-state index in [1.165, 1.54) is 5.56 Å². The first-order chi connectivity index (χ1) is 6.70. The van der Waals surface area contributed by atoms with E-state index in [9.17, 15) is 4.79 Å². The Labute approximate surface area is 84.3 Å². The van der Waals surface area contributed by atoms with Crippen molar-refractivity contribution in [3.05, 3.63) is 35.9 Å². The van der Waals surface area contributed by atoms with E-state index in [4.69, 9.17) is 5.73 Å². The highest BCUT2D eigenvalue weighted by atomic mass is 16.1. The molecule has 1 amide bonds. The van der Waals surface area contributed by atoms with E-state index in [2.05, 4.69) is 17.4 Å². The number of carbonyl (C=O) groups is 1. The van der Waals surface area contributed by atoms with Gasteiger partial charge in [0.25, 0.3) is 0 Å². The number of rotatable bonds is 5. The summed E-state index contributed by atoms with van der Waals surface area (Å²) in [4.78, 5) is 10.7. The summed E-state index contributed by atoms with van der Waals surface area (Å²) in [6, 6.07) is 9.88. The van der Waals surface area contributed by atoms with Crippen molar-refractivity contribution in [1.29, 1.82) is 0 Å². The van der Waals surface area contributed by atoms with Gasteiger partial charge in [0, 0.05) is 0 Å². The van der Waals surface area contributed by atoms with Crippen molar-refractivity contribution in [1.82, 2.24) is 5.32 Å². The van der Waals surface area contributed by atoms with Crippen LogP contribution in [0.2, 0.25) is 0 Å². The second-order valence-corrected chi connectivity index (χ2v) is 3.31. The summed E-state index contributed by atoms with van der Waals surface area (Å²) in [7, 11) is 0. The molecule has 0 aliphatic heterocycles. The molecule has 1 aromatic carbocycles. The van der Waals surface area contributed by atoms with Crippen molar-refractivity contribution in [3.63, 3.8) is 0 Å². The van der Waals surface area contributed by atoms with Gasteiger partial charge >= 0.3 is 0 Å². The Balaban J connectivity index is 2.26. The fraction of sp³-hybridized carbons (Fsp3) is 0.364. The SMILES string of the molecule is C[C@H](NCCc1ccccc1)C(N)=O. The largest absolute Gasteiger partial charge is 0.368 e. The van der Waals surface area contributed by atoms with E-state index in [-0.39, 0.29) is 11.9 Å². The second kappa shape index (κ2) is 5.40. The maximum absolute atomic E-state index is 10.7. The molecule has 1 atom stereocenters. The average Bonchev–Trinajstić information content (AvgIpc) is 2.19. The number of benzene rings is 1. The molecule has 76 valence electrons. The number of carbonyl (C=O) groups excluding carboxylic acids is 1. The van der Waals surface area contributed by atoms with Crippen molar-refractivity contribution in [3.8, 4) is 0 Å². The number of hydrogen-bond donors (Lipinski definition) is 2. The van der Waals surface area contributed by atoms with E-state index < -0.39 is 0 Å². The summed E-state index contributed by atoms with van der Waals surface area (Å²) < 4.78 is 0. The highest BCUT2D eigenvalue weighted by Crippen LogP contribution is 1.98. The molecule has 0 heterocycles. The fourth-order valence-electron chi connectivity index (χ4n) is 1.18. The fourth-order valence-corrected chi connectivity index (χ4v) is 1.18. The molecule has 3 heteroatoms. The van der Waals surface area contributed by atoms with Crippen LogP contribution in [0.4, 0.5) is 0 Å². The minimum Gasteiger partial charge on any atom is -0.368 e. The first kappa shape index (κ1) is 10.7. The first-order valence-corrected chi connectivity index (χ1v) is 4.77. The molecule has 14 heavy (non-hydrogen) atoms. The Morgan fingerprint density at radius 3 is 2.64 bits per heavy atom. The van der Waals surface area contributed by atoms with Gasteiger partial charge in [-0.2, -0.15) is 0 Å². The summed E-state index contributed by atoms with van der Waals surface area (Å²) in [5.41, 5.74) is 6.37. The molecule has 0 unspecified atom stereocenters. The van der Waals surface area contributed by atoms with Crippen LogP contribution in [0.5, 0.6) is 0 Å². The molecule has 0 aromatic heterocycles. The van der Waals surface area contributed by atoms with Crippen molar-refractivity contribution in [2.45, 2.75) is 19.4 Å². The van der Waals surface area contributed by atoms with Crippen LogP contribution < -0.4 is 11.1 Å². The minimum atomic E-state index is -0.307. The van der Waals surface area contributed by atoms with Crippen LogP contribution in [0.25, 0.3) is 0 Å². The van der Waals surface area contributed by atoms with Crippen LogP contribution >= 0.6 is 0 Å². The first-order valence-electron chi connectivity index (χ1n) is 4.77. The van der Waals surface area contributed by atoms with E-state index in [0.717, 1.165) is 13.0 Å². The lowest BCUT2D eigenvalue weighted by Crippen LogP contribution is -2.39. The molecule has 3 N–H and O–H groups in total. The van der Waals surface area contributed by atoms with Gasteiger partial charge in [0.1, 0.15) is 0 Å². The molecule has 1 aromatic rings. The number of hydrogen-bond acceptors (Lipinski definition) is 2. The molecule has 0 aliphatic carbocycles. The van der Waals surface area contributed by atoms with Crippen molar-refractivity contribution >= 4 is 5.91 Å². The smallest absolute Gasteiger partial charge is 0.234 e. The van der Waals surface area contributed by atoms with Gasteiger partial charge in [-0.3, -0.25) is 4.79 Å². The van der Waals surface area contributed by atoms with Crippen LogP contribution in [0, 0.1) is 0 Å². The van der Waals surface area contributed by atoms with Crippen molar-refractivity contribution in [2.24, 2.45) is 5.73 Å². The van der Waals surface area contributed by atoms with Crippen LogP contribution in [-0.4, -0.2) is 18.5 Å². The summed E-state index contributed by atoms with van der Waals surface area (Å²) in [6.07, 6.45) is 0.915. The van der Waals surface area contributed by atoms with Gasteiger partial charge in [0.2, 0.25) is 5.91 Å². The molecule has 0 bridgehead atoms. The Hall–Kier alpha value is -1.35. The molecular weight excluding hydrogens is 176 g/mol. The lowest BCUT2D eigenvalue weighted by molar-refractivity contribution is -0.119. The van der Waals surface area contributed by atoms with Crippen molar-refractivity contribution < 1.29 is 4.79 Å². The van der Waals surface area contributed by atoms with E-state index in [1.807, 2.05) is 18.2 Å². The predicted molar refractivity (Wildman–Crippen MR) is 56.8 cm³/mol. The number of amides is 1. The Kier molecular flexibility index (Phi) is 4.13. The third-order valence-corrected chi connectivity index (χ3v) is 2.13. The maximum Gasteiger partial charge on any atom is 0.234 e. The summed E-state index contributed by atoms with van der Waals surface area (Å²) in [5.74, 6) is -0.307. The normalized spacial score (nSPS) is 12.4. The predicted octanol–water partition coefficient (Wildman–Crippen LogP) is 0.693. The average molecular weight is 192 g/mol. The van der Waals surface area contributed by atoms with Crippen molar-refractivity contribution in [2.75, 3.05) is 6.54 Å². The second-order valence-electron chi connectivity index (χ2n) is 3.31. The van der Waals surface area contributed by atoms with E-state index in [0.29, 0.717) is 0 Å². The molecule has 0 spiro atoms. The highest BCUT2D eigenvalue weighted by molar-refractivity contribution is 5.79. The lowest BCUT2D eigenvalue weighted by atomic mass is 10.1. The van der Waals surface area contributed by atoms with Gasteiger partial charge in [0.05, 0.1) is 6.04 Å².